The second kappa shape index (κ2) is 6.75. The molecule has 1 aromatic carbocycles. The van der Waals surface area contributed by atoms with E-state index >= 15 is 0 Å². The van der Waals surface area contributed by atoms with Crippen LogP contribution in [0.1, 0.15) is 37.4 Å². The average molecular weight is 362 g/mol. The van der Waals surface area contributed by atoms with Gasteiger partial charge in [-0.05, 0) is 56.2 Å². The van der Waals surface area contributed by atoms with Gasteiger partial charge in [0.05, 0.1) is 17.5 Å². The van der Waals surface area contributed by atoms with Crippen LogP contribution in [-0.2, 0) is 9.53 Å². The van der Waals surface area contributed by atoms with Crippen molar-refractivity contribution in [3.05, 3.63) is 54.7 Å². The molecule has 27 heavy (non-hydrogen) atoms. The summed E-state index contributed by atoms with van der Waals surface area (Å²) in [5.41, 5.74) is 2.06. The van der Waals surface area contributed by atoms with Crippen molar-refractivity contribution in [1.29, 1.82) is 0 Å². The normalized spacial score (nSPS) is 30.8. The number of para-hydroxylation sites is 1. The van der Waals surface area contributed by atoms with Gasteiger partial charge >= 0.3 is 5.97 Å². The van der Waals surface area contributed by atoms with Crippen LogP contribution in [-0.4, -0.2) is 35.0 Å². The second-order valence-electron chi connectivity index (χ2n) is 8.30. The third kappa shape index (κ3) is 3.06. The molecule has 3 unspecified atom stereocenters. The monoisotopic (exact) mass is 362 g/mol. The van der Waals surface area contributed by atoms with Gasteiger partial charge in [-0.2, -0.15) is 0 Å². The molecule has 4 aliphatic rings. The van der Waals surface area contributed by atoms with Gasteiger partial charge in [-0.1, -0.05) is 24.3 Å². The summed E-state index contributed by atoms with van der Waals surface area (Å²) >= 11 is 0. The van der Waals surface area contributed by atoms with Crippen LogP contribution in [0.2, 0.25) is 0 Å². The first-order valence-corrected chi connectivity index (χ1v) is 10.2. The molecule has 4 nitrogen and oxygen atoms in total. The van der Waals surface area contributed by atoms with E-state index in [1.54, 1.807) is 0 Å². The molecule has 3 aliphatic heterocycles. The second-order valence-corrected chi connectivity index (χ2v) is 8.30. The van der Waals surface area contributed by atoms with Crippen molar-refractivity contribution >= 4 is 16.9 Å². The fourth-order valence-electron chi connectivity index (χ4n) is 4.95. The van der Waals surface area contributed by atoms with Crippen LogP contribution < -0.4 is 0 Å². The van der Waals surface area contributed by atoms with E-state index in [1.807, 2.05) is 30.5 Å². The van der Waals surface area contributed by atoms with Crippen molar-refractivity contribution in [1.82, 2.24) is 9.88 Å². The van der Waals surface area contributed by atoms with Crippen LogP contribution in [0, 0.1) is 17.8 Å². The SMILES string of the molecule is C=CC1CN2CCC1C[C@H]2[C@H](OC(=O)C1CC1)c1ccnc2ccccc12. The minimum absolute atomic E-state index is 0.0242. The summed E-state index contributed by atoms with van der Waals surface area (Å²) in [6.45, 7) is 6.14. The summed E-state index contributed by atoms with van der Waals surface area (Å²) in [6.07, 6.45) is 7.96. The molecule has 3 saturated heterocycles. The van der Waals surface area contributed by atoms with Crippen LogP contribution >= 0.6 is 0 Å². The largest absolute Gasteiger partial charge is 0.456 e. The quantitative estimate of drug-likeness (QED) is 0.593. The van der Waals surface area contributed by atoms with Gasteiger partial charge in [0, 0.05) is 23.7 Å². The topological polar surface area (TPSA) is 42.4 Å². The molecule has 1 saturated carbocycles. The van der Waals surface area contributed by atoms with Crippen molar-refractivity contribution in [2.45, 2.75) is 37.8 Å². The number of hydrogen-bond donors (Lipinski definition) is 0. The van der Waals surface area contributed by atoms with Gasteiger partial charge in [-0.15, -0.1) is 6.58 Å². The molecule has 1 aromatic heterocycles. The van der Waals surface area contributed by atoms with E-state index in [0.717, 1.165) is 48.8 Å². The predicted octanol–water partition coefficient (Wildman–Crippen LogP) is 4.13. The number of nitrogens with zero attached hydrogens (tertiary/aromatic N) is 2. The first-order chi connectivity index (χ1) is 13.2. The number of carbonyl (C=O) groups excluding carboxylic acids is 1. The minimum Gasteiger partial charge on any atom is -0.456 e. The molecule has 0 N–H and O–H groups in total. The Bertz CT molecular complexity index is 870. The Morgan fingerprint density at radius 3 is 2.85 bits per heavy atom. The van der Waals surface area contributed by atoms with Gasteiger partial charge in [0.2, 0.25) is 0 Å². The zero-order chi connectivity index (χ0) is 18.4. The van der Waals surface area contributed by atoms with Gasteiger partial charge in [-0.3, -0.25) is 14.7 Å². The van der Waals surface area contributed by atoms with E-state index in [1.165, 1.54) is 6.42 Å². The lowest BCUT2D eigenvalue weighted by molar-refractivity contribution is -0.158. The van der Waals surface area contributed by atoms with E-state index in [9.17, 15) is 4.79 Å². The van der Waals surface area contributed by atoms with E-state index < -0.39 is 0 Å². The van der Waals surface area contributed by atoms with Crippen molar-refractivity contribution in [2.75, 3.05) is 13.1 Å². The zero-order valence-corrected chi connectivity index (χ0v) is 15.6. The van der Waals surface area contributed by atoms with Crippen LogP contribution in [0.15, 0.2) is 49.2 Å². The molecule has 4 heterocycles. The van der Waals surface area contributed by atoms with Gasteiger partial charge < -0.3 is 4.74 Å². The number of rotatable bonds is 5. The first-order valence-electron chi connectivity index (χ1n) is 10.2. The summed E-state index contributed by atoms with van der Waals surface area (Å²) in [7, 11) is 0. The summed E-state index contributed by atoms with van der Waals surface area (Å²) in [5.74, 6) is 1.29. The molecular weight excluding hydrogens is 336 g/mol. The summed E-state index contributed by atoms with van der Waals surface area (Å²) < 4.78 is 6.20. The van der Waals surface area contributed by atoms with E-state index in [-0.39, 0.29) is 24.0 Å². The number of ether oxygens (including phenoxy) is 1. The third-order valence-electron chi connectivity index (χ3n) is 6.65. The van der Waals surface area contributed by atoms with Crippen LogP contribution in [0.3, 0.4) is 0 Å². The van der Waals surface area contributed by atoms with Crippen LogP contribution in [0.5, 0.6) is 0 Å². The minimum atomic E-state index is -0.223. The van der Waals surface area contributed by atoms with E-state index in [0.29, 0.717) is 11.8 Å². The molecular formula is C23H26N2O2. The fourth-order valence-corrected chi connectivity index (χ4v) is 4.95. The molecule has 0 radical (unpaired) electrons. The summed E-state index contributed by atoms with van der Waals surface area (Å²) in [4.78, 5) is 19.6. The maximum absolute atomic E-state index is 12.6. The third-order valence-corrected chi connectivity index (χ3v) is 6.65. The number of aromatic nitrogens is 1. The van der Waals surface area contributed by atoms with Gasteiger partial charge in [-0.25, -0.2) is 0 Å². The fraction of sp³-hybridized carbons (Fsp3) is 0.478. The Hall–Kier alpha value is -2.20. The number of fused-ring (bicyclic) bond motifs is 4. The Labute approximate surface area is 160 Å². The van der Waals surface area contributed by atoms with E-state index in [4.69, 9.17) is 4.74 Å². The van der Waals surface area contributed by atoms with Crippen molar-refractivity contribution in [3.63, 3.8) is 0 Å². The molecule has 2 bridgehead atoms. The Morgan fingerprint density at radius 1 is 1.26 bits per heavy atom. The number of esters is 1. The van der Waals surface area contributed by atoms with Crippen molar-refractivity contribution < 1.29 is 9.53 Å². The number of pyridine rings is 1. The maximum Gasteiger partial charge on any atom is 0.309 e. The molecule has 5 atom stereocenters. The molecule has 4 heteroatoms. The number of benzene rings is 1. The highest BCUT2D eigenvalue weighted by Crippen LogP contribution is 2.44. The molecule has 2 aromatic rings. The van der Waals surface area contributed by atoms with Crippen molar-refractivity contribution in [2.24, 2.45) is 17.8 Å². The molecule has 6 rings (SSSR count). The first kappa shape index (κ1) is 16.9. The molecule has 140 valence electrons. The standard InChI is InChI=1S/C23H26N2O2/c1-2-15-14-25-12-10-17(15)13-21(25)22(27-23(26)16-7-8-16)19-9-11-24-20-6-4-3-5-18(19)20/h2-6,9,11,15-17,21-22H,1,7-8,10,12-14H2/t15?,17?,21-,22+/m0/s1. The van der Waals surface area contributed by atoms with Gasteiger partial charge in [0.25, 0.3) is 0 Å². The number of piperidine rings is 3. The summed E-state index contributed by atoms with van der Waals surface area (Å²) in [6, 6.07) is 10.5. The highest BCUT2D eigenvalue weighted by Gasteiger charge is 2.45. The van der Waals surface area contributed by atoms with E-state index in [2.05, 4.69) is 28.6 Å². The Morgan fingerprint density at radius 2 is 2.11 bits per heavy atom. The molecule has 0 amide bonds. The highest BCUT2D eigenvalue weighted by atomic mass is 16.5. The highest BCUT2D eigenvalue weighted by molar-refractivity contribution is 5.83. The van der Waals surface area contributed by atoms with Crippen LogP contribution in [0.4, 0.5) is 0 Å². The lowest BCUT2D eigenvalue weighted by Crippen LogP contribution is -2.55. The van der Waals surface area contributed by atoms with Crippen molar-refractivity contribution in [3.8, 4) is 0 Å². The number of carbonyl (C=O) groups is 1. The average Bonchev–Trinajstić information content (AvgIpc) is 3.57. The smallest absolute Gasteiger partial charge is 0.309 e. The Kier molecular flexibility index (Phi) is 4.24. The predicted molar refractivity (Wildman–Crippen MR) is 105 cm³/mol. The van der Waals surface area contributed by atoms with Gasteiger partial charge in [0.1, 0.15) is 6.10 Å². The molecule has 1 aliphatic carbocycles. The lowest BCUT2D eigenvalue weighted by Gasteiger charge is -2.51. The summed E-state index contributed by atoms with van der Waals surface area (Å²) in [5, 5.41) is 1.09. The Balaban J connectivity index is 1.53. The van der Waals surface area contributed by atoms with Gasteiger partial charge in [0.15, 0.2) is 0 Å². The van der Waals surface area contributed by atoms with Crippen LogP contribution in [0.25, 0.3) is 10.9 Å². The number of hydrogen-bond acceptors (Lipinski definition) is 4. The maximum atomic E-state index is 12.6. The lowest BCUT2D eigenvalue weighted by atomic mass is 9.73. The molecule has 4 fully saturated rings. The zero-order valence-electron chi connectivity index (χ0n) is 15.6. The molecule has 0 spiro atoms.